The molecule has 196 valence electrons. The average molecular weight is 526 g/mol. The Kier molecular flexibility index (Phi) is 5.91. The van der Waals surface area contributed by atoms with Gasteiger partial charge in [-0.1, -0.05) is 13.8 Å². The Bertz CT molecular complexity index is 1510. The van der Waals surface area contributed by atoms with Crippen molar-refractivity contribution in [1.29, 1.82) is 0 Å². The molecule has 37 heavy (non-hydrogen) atoms. The molecule has 1 aliphatic carbocycles. The Morgan fingerprint density at radius 1 is 1.14 bits per heavy atom. The van der Waals surface area contributed by atoms with E-state index in [1.807, 2.05) is 33.8 Å². The Morgan fingerprint density at radius 2 is 1.86 bits per heavy atom. The number of aromatic nitrogens is 3. The minimum Gasteiger partial charge on any atom is -0.474 e. The van der Waals surface area contributed by atoms with Gasteiger partial charge in [-0.05, 0) is 43.0 Å². The molecule has 0 saturated heterocycles. The fourth-order valence-corrected chi connectivity index (χ4v) is 5.77. The number of sulfone groups is 1. The van der Waals surface area contributed by atoms with E-state index in [0.717, 1.165) is 10.9 Å². The van der Waals surface area contributed by atoms with E-state index in [1.165, 1.54) is 6.26 Å². The summed E-state index contributed by atoms with van der Waals surface area (Å²) in [5.41, 5.74) is 7.30. The van der Waals surface area contributed by atoms with Gasteiger partial charge in [-0.25, -0.2) is 28.2 Å². The van der Waals surface area contributed by atoms with Gasteiger partial charge in [-0.15, -0.1) is 0 Å². The molecule has 1 saturated carbocycles. The molecule has 10 nitrogen and oxygen atoms in total. The number of carbonyl (C=O) groups is 1. The van der Waals surface area contributed by atoms with E-state index in [-0.39, 0.29) is 23.9 Å². The van der Waals surface area contributed by atoms with Crippen molar-refractivity contribution in [2.75, 3.05) is 18.2 Å². The summed E-state index contributed by atoms with van der Waals surface area (Å²) in [4.78, 5) is 25.9. The first-order valence-corrected chi connectivity index (χ1v) is 14.1. The molecule has 0 bridgehead atoms. The molecule has 5 rings (SSSR count). The monoisotopic (exact) mass is 525 g/mol. The number of esters is 1. The molecule has 3 N–H and O–H groups in total. The Hall–Kier alpha value is -3.31. The number of hydrogen-bond donors (Lipinski definition) is 2. The summed E-state index contributed by atoms with van der Waals surface area (Å²) in [7, 11) is -3.08. The lowest BCUT2D eigenvalue weighted by Gasteiger charge is -2.34. The molecular weight excluding hydrogens is 494 g/mol. The van der Waals surface area contributed by atoms with Crippen molar-refractivity contribution in [3.63, 3.8) is 0 Å². The predicted octanol–water partition coefficient (Wildman–Crippen LogP) is 3.36. The Balaban J connectivity index is 1.48. The van der Waals surface area contributed by atoms with Crippen LogP contribution >= 0.6 is 0 Å². The number of hydrogen-bond acceptors (Lipinski definition) is 10. The second-order valence-electron chi connectivity index (χ2n) is 11.2. The zero-order valence-corrected chi connectivity index (χ0v) is 22.3. The second kappa shape index (κ2) is 8.63. The van der Waals surface area contributed by atoms with Crippen LogP contribution in [0.15, 0.2) is 30.6 Å². The maximum absolute atomic E-state index is 12.2. The van der Waals surface area contributed by atoms with Gasteiger partial charge in [-0.2, -0.15) is 0 Å². The van der Waals surface area contributed by atoms with Gasteiger partial charge in [0.15, 0.2) is 9.84 Å². The Morgan fingerprint density at radius 3 is 2.54 bits per heavy atom. The number of ether oxygens (including phenoxy) is 2. The minimum absolute atomic E-state index is 0.222. The first kappa shape index (κ1) is 25.3. The van der Waals surface area contributed by atoms with Crippen LogP contribution in [-0.4, -0.2) is 53.6 Å². The van der Waals surface area contributed by atoms with Crippen LogP contribution in [-0.2, 0) is 25.5 Å². The lowest BCUT2D eigenvalue weighted by atomic mass is 9.85. The Labute approximate surface area is 215 Å². The van der Waals surface area contributed by atoms with Gasteiger partial charge in [-0.3, -0.25) is 0 Å². The van der Waals surface area contributed by atoms with Crippen LogP contribution in [0.5, 0.6) is 5.88 Å². The lowest BCUT2D eigenvalue weighted by Crippen LogP contribution is -2.42. The highest BCUT2D eigenvalue weighted by Gasteiger charge is 2.38. The number of nitrogens with zero attached hydrogens (tertiary/aromatic N) is 3. The van der Waals surface area contributed by atoms with Crippen LogP contribution in [0.25, 0.3) is 10.8 Å². The molecule has 0 aromatic carbocycles. The van der Waals surface area contributed by atoms with Crippen molar-refractivity contribution in [2.45, 2.75) is 62.8 Å². The molecule has 3 aromatic rings. The summed E-state index contributed by atoms with van der Waals surface area (Å²) < 4.78 is 34.9. The molecule has 0 radical (unpaired) electrons. The number of cyclic esters (lactones) is 1. The highest BCUT2D eigenvalue weighted by Crippen LogP contribution is 2.37. The van der Waals surface area contributed by atoms with E-state index in [1.54, 1.807) is 24.5 Å². The van der Waals surface area contributed by atoms with Gasteiger partial charge in [0.1, 0.15) is 24.3 Å². The van der Waals surface area contributed by atoms with Crippen LogP contribution in [0.1, 0.15) is 62.2 Å². The molecule has 1 fully saturated rings. The molecular formula is C26H31N5O5S. The van der Waals surface area contributed by atoms with Crippen molar-refractivity contribution in [1.82, 2.24) is 15.0 Å². The van der Waals surface area contributed by atoms with Crippen LogP contribution in [0.4, 0.5) is 11.6 Å². The third-order valence-electron chi connectivity index (χ3n) is 6.94. The maximum Gasteiger partial charge on any atom is 0.340 e. The molecule has 0 unspecified atom stereocenters. The molecule has 4 heterocycles. The average Bonchev–Trinajstić information content (AvgIpc) is 2.77. The van der Waals surface area contributed by atoms with Crippen molar-refractivity contribution >= 4 is 38.2 Å². The van der Waals surface area contributed by atoms with Crippen LogP contribution in [0.3, 0.4) is 0 Å². The highest BCUT2D eigenvalue weighted by atomic mass is 32.2. The molecule has 3 aromatic heterocycles. The quantitative estimate of drug-likeness (QED) is 0.459. The van der Waals surface area contributed by atoms with Crippen molar-refractivity contribution in [3.8, 4) is 5.88 Å². The molecule has 11 heteroatoms. The minimum atomic E-state index is -3.08. The van der Waals surface area contributed by atoms with Crippen LogP contribution in [0.2, 0.25) is 0 Å². The lowest BCUT2D eigenvalue weighted by molar-refractivity contribution is 0.0366. The fraction of sp³-hybridized carbons (Fsp3) is 0.462. The predicted molar refractivity (Wildman–Crippen MR) is 140 cm³/mol. The number of nitrogens with two attached hydrogens (primary N) is 1. The largest absolute Gasteiger partial charge is 0.474 e. The van der Waals surface area contributed by atoms with Gasteiger partial charge in [0.25, 0.3) is 0 Å². The zero-order valence-electron chi connectivity index (χ0n) is 21.5. The second-order valence-corrected chi connectivity index (χ2v) is 13.5. The maximum atomic E-state index is 12.2. The van der Waals surface area contributed by atoms with E-state index < -0.39 is 20.8 Å². The fourth-order valence-electron chi connectivity index (χ4n) is 4.64. The number of anilines is 2. The van der Waals surface area contributed by atoms with Crippen LogP contribution < -0.4 is 15.8 Å². The molecule has 0 atom stereocenters. The van der Waals surface area contributed by atoms with E-state index in [9.17, 15) is 13.2 Å². The van der Waals surface area contributed by atoms with Gasteiger partial charge in [0, 0.05) is 42.4 Å². The number of carbonyl (C=O) groups excluding carboxylic acids is 1. The van der Waals surface area contributed by atoms with Crippen molar-refractivity contribution in [2.24, 2.45) is 5.73 Å². The third-order valence-corrected chi connectivity index (χ3v) is 8.54. The number of nitrogens with one attached hydrogen (secondary N) is 1. The summed E-state index contributed by atoms with van der Waals surface area (Å²) in [6.45, 7) is 8.01. The van der Waals surface area contributed by atoms with E-state index in [4.69, 9.17) is 20.2 Å². The smallest absolute Gasteiger partial charge is 0.340 e. The van der Waals surface area contributed by atoms with Gasteiger partial charge >= 0.3 is 5.97 Å². The SMILES string of the molecule is CC(C)(N)c1cnc(O[C@H]2C[C@@H](S(C)(=O)=O)C2)c2cnc(Nc3ccc4c(n3)C(C)(C)COC4=O)cc12. The van der Waals surface area contributed by atoms with E-state index in [0.29, 0.717) is 47.0 Å². The summed E-state index contributed by atoms with van der Waals surface area (Å²) in [6, 6.07) is 5.30. The normalized spacial score (nSPS) is 21.1. The van der Waals surface area contributed by atoms with Gasteiger partial charge < -0.3 is 20.5 Å². The van der Waals surface area contributed by atoms with Crippen LogP contribution in [0, 0.1) is 0 Å². The number of pyridine rings is 3. The first-order valence-electron chi connectivity index (χ1n) is 12.1. The van der Waals surface area contributed by atoms with Gasteiger partial charge in [0.05, 0.1) is 21.9 Å². The number of rotatable bonds is 6. The standard InChI is InChI=1S/C26H31N5O5S/c1-25(2)13-35-24(32)16-6-7-20(31-22(16)25)30-21-10-17-18(11-28-21)23(29-12-19(17)26(3,4)27)36-14-8-15(9-14)37(5,33)34/h6-7,10-12,14-15H,8-9,13,27H2,1-5H3,(H,28,30,31)/t14-,15+. The molecule has 0 amide bonds. The first-order chi connectivity index (χ1) is 17.2. The summed E-state index contributed by atoms with van der Waals surface area (Å²) in [5.74, 6) is 1.11. The van der Waals surface area contributed by atoms with Crippen molar-refractivity contribution in [3.05, 3.63) is 47.4 Å². The topological polar surface area (TPSA) is 146 Å². The summed E-state index contributed by atoms with van der Waals surface area (Å²) >= 11 is 0. The molecule has 2 aliphatic rings. The van der Waals surface area contributed by atoms with E-state index >= 15 is 0 Å². The third kappa shape index (κ3) is 4.85. The molecule has 1 aliphatic heterocycles. The summed E-state index contributed by atoms with van der Waals surface area (Å²) in [5, 5.41) is 4.36. The zero-order chi connectivity index (χ0) is 26.8. The van der Waals surface area contributed by atoms with E-state index in [2.05, 4.69) is 15.3 Å². The summed E-state index contributed by atoms with van der Waals surface area (Å²) in [6.07, 6.45) is 5.27. The molecule has 0 spiro atoms. The number of fused-ring (bicyclic) bond motifs is 2. The van der Waals surface area contributed by atoms with Gasteiger partial charge in [0.2, 0.25) is 5.88 Å². The highest BCUT2D eigenvalue weighted by molar-refractivity contribution is 7.91. The van der Waals surface area contributed by atoms with Crippen molar-refractivity contribution < 1.29 is 22.7 Å².